The van der Waals surface area contributed by atoms with Crippen molar-refractivity contribution in [3.63, 3.8) is 0 Å². The predicted molar refractivity (Wildman–Crippen MR) is 82.9 cm³/mol. The molecule has 108 valence electrons. The van der Waals surface area contributed by atoms with Gasteiger partial charge in [0, 0.05) is 13.0 Å². The van der Waals surface area contributed by atoms with E-state index in [-0.39, 0.29) is 12.2 Å². The molecule has 3 nitrogen and oxygen atoms in total. The summed E-state index contributed by atoms with van der Waals surface area (Å²) in [6, 6.07) is 19.6. The molecule has 21 heavy (non-hydrogen) atoms. The van der Waals surface area contributed by atoms with Crippen LogP contribution in [0.2, 0.25) is 0 Å². The molecule has 2 aromatic rings. The van der Waals surface area contributed by atoms with Crippen molar-refractivity contribution >= 4 is 11.7 Å². The molecule has 2 aromatic carbocycles. The van der Waals surface area contributed by atoms with Crippen LogP contribution >= 0.6 is 0 Å². The van der Waals surface area contributed by atoms with Crippen molar-refractivity contribution in [3.8, 4) is 0 Å². The molecule has 0 unspecified atom stereocenters. The fourth-order valence-corrected chi connectivity index (χ4v) is 2.08. The number of benzene rings is 2. The van der Waals surface area contributed by atoms with Gasteiger partial charge in [0.15, 0.2) is 0 Å². The number of carbonyl (C=O) groups excluding carboxylic acids is 2. The van der Waals surface area contributed by atoms with Crippen LogP contribution in [0.5, 0.6) is 0 Å². The third-order valence-corrected chi connectivity index (χ3v) is 3.28. The number of hydrogen-bond acceptors (Lipinski definition) is 2. The van der Waals surface area contributed by atoms with E-state index in [1.54, 1.807) is 0 Å². The number of carbonyl (C=O) groups is 2. The molecular weight excluding hydrogens is 262 g/mol. The number of aryl methyl sites for hydroxylation is 1. The largest absolute Gasteiger partial charge is 0.349 e. The van der Waals surface area contributed by atoms with Gasteiger partial charge >= 0.3 is 0 Å². The van der Waals surface area contributed by atoms with E-state index in [0.29, 0.717) is 13.0 Å². The second-order valence-corrected chi connectivity index (χ2v) is 4.90. The highest BCUT2D eigenvalue weighted by atomic mass is 16.2. The van der Waals surface area contributed by atoms with Crippen LogP contribution in [0, 0.1) is 0 Å². The van der Waals surface area contributed by atoms with Crippen LogP contribution in [0.25, 0.3) is 0 Å². The summed E-state index contributed by atoms with van der Waals surface area (Å²) in [5.74, 6) is -0.839. The highest BCUT2D eigenvalue weighted by Gasteiger charge is 2.12. The van der Waals surface area contributed by atoms with Gasteiger partial charge in [-0.15, -0.1) is 0 Å². The first-order valence-corrected chi connectivity index (χ1v) is 7.14. The third kappa shape index (κ3) is 5.22. The van der Waals surface area contributed by atoms with Gasteiger partial charge in [-0.2, -0.15) is 0 Å². The molecule has 0 saturated heterocycles. The SMILES string of the molecule is O=C(CCc1ccccc1)C(=O)NCCc1ccccc1. The van der Waals surface area contributed by atoms with Gasteiger partial charge in [0.2, 0.25) is 5.78 Å². The Bertz CT molecular complexity index is 579. The number of ketones is 1. The minimum absolute atomic E-state index is 0.251. The Labute approximate surface area is 125 Å². The number of hydrogen-bond donors (Lipinski definition) is 1. The quantitative estimate of drug-likeness (QED) is 0.793. The Morgan fingerprint density at radius 1 is 0.762 bits per heavy atom. The highest BCUT2D eigenvalue weighted by molar-refractivity contribution is 6.36. The number of nitrogens with one attached hydrogen (secondary N) is 1. The first-order valence-electron chi connectivity index (χ1n) is 7.14. The van der Waals surface area contributed by atoms with E-state index in [1.165, 1.54) is 0 Å². The molecule has 1 amide bonds. The summed E-state index contributed by atoms with van der Waals surface area (Å²) in [5, 5.41) is 2.68. The third-order valence-electron chi connectivity index (χ3n) is 3.28. The molecule has 0 aliphatic heterocycles. The average Bonchev–Trinajstić information content (AvgIpc) is 2.54. The molecule has 0 atom stereocenters. The normalized spacial score (nSPS) is 10.1. The molecular formula is C18H19NO2. The molecule has 0 aliphatic rings. The van der Waals surface area contributed by atoms with Crippen molar-refractivity contribution in [1.29, 1.82) is 0 Å². The van der Waals surface area contributed by atoms with E-state index in [4.69, 9.17) is 0 Å². The Balaban J connectivity index is 1.69. The Kier molecular flexibility index (Phi) is 5.71. The zero-order valence-electron chi connectivity index (χ0n) is 11.9. The van der Waals surface area contributed by atoms with Gasteiger partial charge in [-0.1, -0.05) is 60.7 Å². The molecule has 0 heterocycles. The summed E-state index contributed by atoms with van der Waals surface area (Å²) in [7, 11) is 0. The van der Waals surface area contributed by atoms with Crippen LogP contribution < -0.4 is 5.32 Å². The van der Waals surface area contributed by atoms with Crippen LogP contribution in [0.3, 0.4) is 0 Å². The minimum atomic E-state index is -0.484. The lowest BCUT2D eigenvalue weighted by atomic mass is 10.1. The maximum Gasteiger partial charge on any atom is 0.287 e. The molecule has 0 aliphatic carbocycles. The highest BCUT2D eigenvalue weighted by Crippen LogP contribution is 2.03. The monoisotopic (exact) mass is 281 g/mol. The molecule has 1 N–H and O–H groups in total. The van der Waals surface area contributed by atoms with Gasteiger partial charge in [0.1, 0.15) is 0 Å². The molecule has 0 radical (unpaired) electrons. The zero-order valence-corrected chi connectivity index (χ0v) is 11.9. The van der Waals surface area contributed by atoms with Gasteiger partial charge in [0.05, 0.1) is 0 Å². The van der Waals surface area contributed by atoms with Gasteiger partial charge in [-0.05, 0) is 24.0 Å². The van der Waals surface area contributed by atoms with Crippen LogP contribution in [-0.2, 0) is 22.4 Å². The van der Waals surface area contributed by atoms with Crippen molar-refractivity contribution in [1.82, 2.24) is 5.32 Å². The predicted octanol–water partition coefficient (Wildman–Crippen LogP) is 2.55. The fraction of sp³-hybridized carbons (Fsp3) is 0.222. The standard InChI is InChI=1S/C18H19NO2/c20-17(12-11-15-7-3-1-4-8-15)18(21)19-14-13-16-9-5-2-6-10-16/h1-10H,11-14H2,(H,19,21). The molecule has 0 bridgehead atoms. The van der Waals surface area contributed by atoms with Crippen LogP contribution in [0.4, 0.5) is 0 Å². The number of Topliss-reactive ketones (excluding diaryl/α,β-unsaturated/α-hetero) is 1. The smallest absolute Gasteiger partial charge is 0.287 e. The average molecular weight is 281 g/mol. The molecule has 3 heteroatoms. The van der Waals surface area contributed by atoms with Crippen molar-refractivity contribution in [3.05, 3.63) is 71.8 Å². The summed E-state index contributed by atoms with van der Waals surface area (Å²) in [6.07, 6.45) is 1.59. The van der Waals surface area contributed by atoms with Crippen LogP contribution in [0.15, 0.2) is 60.7 Å². The van der Waals surface area contributed by atoms with Crippen molar-refractivity contribution in [2.24, 2.45) is 0 Å². The van der Waals surface area contributed by atoms with E-state index in [9.17, 15) is 9.59 Å². The van der Waals surface area contributed by atoms with Crippen molar-refractivity contribution in [2.75, 3.05) is 6.54 Å². The second-order valence-electron chi connectivity index (χ2n) is 4.90. The topological polar surface area (TPSA) is 46.2 Å². The van der Waals surface area contributed by atoms with Gasteiger partial charge in [-0.3, -0.25) is 9.59 Å². The van der Waals surface area contributed by atoms with Gasteiger partial charge < -0.3 is 5.32 Å². The Morgan fingerprint density at radius 2 is 1.29 bits per heavy atom. The molecule has 0 aromatic heterocycles. The summed E-state index contributed by atoms with van der Waals surface area (Å²) in [4.78, 5) is 23.4. The zero-order chi connectivity index (χ0) is 14.9. The van der Waals surface area contributed by atoms with Crippen LogP contribution in [-0.4, -0.2) is 18.2 Å². The first kappa shape index (κ1) is 15.0. The summed E-state index contributed by atoms with van der Waals surface area (Å²) in [5.41, 5.74) is 2.22. The number of rotatable bonds is 7. The molecule has 0 fully saturated rings. The second kappa shape index (κ2) is 8.00. The molecule has 0 spiro atoms. The minimum Gasteiger partial charge on any atom is -0.349 e. The van der Waals surface area contributed by atoms with Crippen LogP contribution in [0.1, 0.15) is 17.5 Å². The van der Waals surface area contributed by atoms with Gasteiger partial charge in [-0.25, -0.2) is 0 Å². The summed E-state index contributed by atoms with van der Waals surface area (Å²) >= 11 is 0. The lowest BCUT2D eigenvalue weighted by molar-refractivity contribution is -0.137. The lowest BCUT2D eigenvalue weighted by Crippen LogP contribution is -2.32. The van der Waals surface area contributed by atoms with E-state index < -0.39 is 5.91 Å². The van der Waals surface area contributed by atoms with Crippen molar-refractivity contribution < 1.29 is 9.59 Å². The van der Waals surface area contributed by atoms with E-state index in [0.717, 1.165) is 17.5 Å². The Morgan fingerprint density at radius 3 is 1.86 bits per heavy atom. The van der Waals surface area contributed by atoms with Gasteiger partial charge in [0.25, 0.3) is 5.91 Å². The molecule has 2 rings (SSSR count). The summed E-state index contributed by atoms with van der Waals surface area (Å²) < 4.78 is 0. The van der Waals surface area contributed by atoms with E-state index in [1.807, 2.05) is 60.7 Å². The summed E-state index contributed by atoms with van der Waals surface area (Å²) in [6.45, 7) is 0.486. The van der Waals surface area contributed by atoms with E-state index >= 15 is 0 Å². The maximum absolute atomic E-state index is 11.7. The molecule has 0 saturated carbocycles. The van der Waals surface area contributed by atoms with Crippen molar-refractivity contribution in [2.45, 2.75) is 19.3 Å². The van der Waals surface area contributed by atoms with E-state index in [2.05, 4.69) is 5.32 Å². The number of amides is 1. The lowest BCUT2D eigenvalue weighted by Gasteiger charge is -2.05. The first-order chi connectivity index (χ1) is 10.3. The maximum atomic E-state index is 11.7. The fourth-order valence-electron chi connectivity index (χ4n) is 2.08. The Hall–Kier alpha value is -2.42.